The molecule has 0 heterocycles. The highest BCUT2D eigenvalue weighted by Crippen LogP contribution is 2.39. The van der Waals surface area contributed by atoms with E-state index in [0.29, 0.717) is 11.3 Å². The Morgan fingerprint density at radius 1 is 1.33 bits per heavy atom. The summed E-state index contributed by atoms with van der Waals surface area (Å²) in [5.41, 5.74) is 1.35. The van der Waals surface area contributed by atoms with Gasteiger partial charge in [0.25, 0.3) is 5.91 Å². The van der Waals surface area contributed by atoms with Crippen molar-refractivity contribution in [2.45, 2.75) is 19.3 Å². The number of nitrogens with one attached hydrogen (secondary N) is 1. The Labute approximate surface area is 152 Å². The van der Waals surface area contributed by atoms with E-state index in [4.69, 9.17) is 4.74 Å². The largest absolute Gasteiger partial charge is 0.483 e. The summed E-state index contributed by atoms with van der Waals surface area (Å²) in [5.74, 6) is -0.797. The predicted molar refractivity (Wildman–Crippen MR) is 97.0 cm³/mol. The van der Waals surface area contributed by atoms with Crippen molar-refractivity contribution >= 4 is 40.0 Å². The molecular weight excluding hydrogens is 424 g/mol. The number of rotatable bonds is 4. The zero-order valence-corrected chi connectivity index (χ0v) is 15.1. The molecular formula is C18H15FINO3. The quantitative estimate of drug-likeness (QED) is 0.729. The van der Waals surface area contributed by atoms with E-state index in [0.717, 1.165) is 3.57 Å². The van der Waals surface area contributed by atoms with Gasteiger partial charge in [0.15, 0.2) is 12.4 Å². The second-order valence-electron chi connectivity index (χ2n) is 5.68. The molecule has 124 valence electrons. The Hall–Kier alpha value is -1.96. The van der Waals surface area contributed by atoms with Gasteiger partial charge in [0.05, 0.1) is 11.3 Å². The number of amides is 1. The Bertz CT molecular complexity index is 822. The van der Waals surface area contributed by atoms with Gasteiger partial charge in [0, 0.05) is 15.6 Å². The summed E-state index contributed by atoms with van der Waals surface area (Å²) in [6.45, 7) is 1.56. The highest BCUT2D eigenvalue weighted by molar-refractivity contribution is 14.1. The molecule has 6 heteroatoms. The fraction of sp³-hybridized carbons (Fsp3) is 0.222. The summed E-state index contributed by atoms with van der Waals surface area (Å²) < 4.78 is 20.3. The van der Waals surface area contributed by atoms with Gasteiger partial charge in [-0.3, -0.25) is 9.59 Å². The number of ketones is 1. The van der Waals surface area contributed by atoms with Crippen molar-refractivity contribution in [2.75, 3.05) is 11.9 Å². The molecule has 0 aromatic heterocycles. The van der Waals surface area contributed by atoms with E-state index in [-0.39, 0.29) is 41.9 Å². The van der Waals surface area contributed by atoms with Gasteiger partial charge in [0.1, 0.15) is 11.6 Å². The van der Waals surface area contributed by atoms with Crippen LogP contribution < -0.4 is 10.1 Å². The van der Waals surface area contributed by atoms with E-state index in [1.54, 1.807) is 13.0 Å². The number of benzene rings is 2. The SMILES string of the molecule is CC1CC(=O)c2c(OCC(=O)Nc3ccccc3I)ccc(F)c21. The van der Waals surface area contributed by atoms with Gasteiger partial charge in [-0.25, -0.2) is 4.39 Å². The second kappa shape index (κ2) is 6.88. The van der Waals surface area contributed by atoms with Crippen LogP contribution in [0.2, 0.25) is 0 Å². The molecule has 0 radical (unpaired) electrons. The van der Waals surface area contributed by atoms with Crippen molar-refractivity contribution in [3.63, 3.8) is 0 Å². The number of Topliss-reactive ketones (excluding diaryl/α,β-unsaturated/α-hetero) is 1. The second-order valence-corrected chi connectivity index (χ2v) is 6.84. The fourth-order valence-electron chi connectivity index (χ4n) is 2.84. The molecule has 24 heavy (non-hydrogen) atoms. The standard InChI is InChI=1S/C18H15FINO3/c1-10-8-14(22)18-15(7-6-11(19)17(10)18)24-9-16(23)21-13-5-3-2-4-12(13)20/h2-7,10H,8-9H2,1H3,(H,21,23). The number of hydrogen-bond donors (Lipinski definition) is 1. The number of hydrogen-bond acceptors (Lipinski definition) is 3. The minimum absolute atomic E-state index is 0.148. The maximum atomic E-state index is 13.9. The van der Waals surface area contributed by atoms with E-state index in [2.05, 4.69) is 27.9 Å². The smallest absolute Gasteiger partial charge is 0.262 e. The van der Waals surface area contributed by atoms with E-state index in [1.165, 1.54) is 12.1 Å². The van der Waals surface area contributed by atoms with Crippen LogP contribution in [0.25, 0.3) is 0 Å². The summed E-state index contributed by atoms with van der Waals surface area (Å²) in [4.78, 5) is 24.1. The van der Waals surface area contributed by atoms with Crippen LogP contribution in [0, 0.1) is 9.39 Å². The molecule has 0 bridgehead atoms. The molecule has 1 N–H and O–H groups in total. The predicted octanol–water partition coefficient (Wildman–Crippen LogP) is 4.14. The Morgan fingerprint density at radius 2 is 2.08 bits per heavy atom. The molecule has 1 atom stereocenters. The Kier molecular flexibility index (Phi) is 4.84. The van der Waals surface area contributed by atoms with E-state index >= 15 is 0 Å². The normalized spacial score (nSPS) is 16.0. The lowest BCUT2D eigenvalue weighted by Crippen LogP contribution is -2.21. The maximum absolute atomic E-state index is 13.9. The van der Waals surface area contributed by atoms with E-state index < -0.39 is 5.82 Å². The highest BCUT2D eigenvalue weighted by atomic mass is 127. The van der Waals surface area contributed by atoms with Crippen LogP contribution >= 0.6 is 22.6 Å². The Balaban J connectivity index is 1.73. The van der Waals surface area contributed by atoms with Gasteiger partial charge in [-0.1, -0.05) is 19.1 Å². The molecule has 1 aliphatic carbocycles. The van der Waals surface area contributed by atoms with Gasteiger partial charge < -0.3 is 10.1 Å². The van der Waals surface area contributed by atoms with Crippen LogP contribution in [0.4, 0.5) is 10.1 Å². The zero-order valence-electron chi connectivity index (χ0n) is 12.9. The van der Waals surface area contributed by atoms with Crippen molar-refractivity contribution in [2.24, 2.45) is 0 Å². The topological polar surface area (TPSA) is 55.4 Å². The first-order valence-electron chi connectivity index (χ1n) is 7.50. The Morgan fingerprint density at radius 3 is 2.83 bits per heavy atom. The van der Waals surface area contributed by atoms with Crippen LogP contribution in [-0.4, -0.2) is 18.3 Å². The summed E-state index contributed by atoms with van der Waals surface area (Å²) in [6.07, 6.45) is 0.265. The van der Waals surface area contributed by atoms with Gasteiger partial charge in [0.2, 0.25) is 0 Å². The minimum atomic E-state index is -0.404. The van der Waals surface area contributed by atoms with Crippen molar-refractivity contribution in [3.8, 4) is 5.75 Å². The monoisotopic (exact) mass is 439 g/mol. The van der Waals surface area contributed by atoms with Crippen molar-refractivity contribution in [3.05, 3.63) is 56.9 Å². The molecule has 0 saturated carbocycles. The number of carbonyl (C=O) groups excluding carboxylic acids is 2. The first-order chi connectivity index (χ1) is 11.5. The zero-order chi connectivity index (χ0) is 17.3. The van der Waals surface area contributed by atoms with Crippen LogP contribution in [-0.2, 0) is 4.79 Å². The molecule has 0 saturated heterocycles. The summed E-state index contributed by atoms with van der Waals surface area (Å²) >= 11 is 2.12. The molecule has 4 nitrogen and oxygen atoms in total. The molecule has 2 aromatic carbocycles. The number of anilines is 1. The van der Waals surface area contributed by atoms with Gasteiger partial charge >= 0.3 is 0 Å². The van der Waals surface area contributed by atoms with Crippen molar-refractivity contribution in [1.29, 1.82) is 0 Å². The summed E-state index contributed by atoms with van der Waals surface area (Å²) in [5, 5.41) is 2.75. The van der Waals surface area contributed by atoms with Crippen LogP contribution in [0.1, 0.15) is 35.2 Å². The number of para-hydroxylation sites is 1. The molecule has 1 aliphatic rings. The fourth-order valence-corrected chi connectivity index (χ4v) is 3.36. The average molecular weight is 439 g/mol. The van der Waals surface area contributed by atoms with Crippen molar-refractivity contribution < 1.29 is 18.7 Å². The number of fused-ring (bicyclic) bond motifs is 1. The number of halogens is 2. The lowest BCUT2D eigenvalue weighted by atomic mass is 10.0. The van der Waals surface area contributed by atoms with Gasteiger partial charge in [-0.05, 0) is 52.8 Å². The number of ether oxygens (including phenoxy) is 1. The molecule has 2 aromatic rings. The first-order valence-corrected chi connectivity index (χ1v) is 8.58. The van der Waals surface area contributed by atoms with Crippen LogP contribution in [0.15, 0.2) is 36.4 Å². The van der Waals surface area contributed by atoms with Gasteiger partial charge in [-0.2, -0.15) is 0 Å². The lowest BCUT2D eigenvalue weighted by Gasteiger charge is -2.12. The molecule has 1 amide bonds. The molecule has 0 spiro atoms. The van der Waals surface area contributed by atoms with Gasteiger partial charge in [-0.15, -0.1) is 0 Å². The first kappa shape index (κ1) is 16.9. The maximum Gasteiger partial charge on any atom is 0.262 e. The third kappa shape index (κ3) is 3.28. The molecule has 0 aliphatic heterocycles. The average Bonchev–Trinajstić information content (AvgIpc) is 2.85. The third-order valence-electron chi connectivity index (χ3n) is 3.92. The van der Waals surface area contributed by atoms with E-state index in [9.17, 15) is 14.0 Å². The minimum Gasteiger partial charge on any atom is -0.483 e. The third-order valence-corrected chi connectivity index (χ3v) is 4.86. The molecule has 3 rings (SSSR count). The molecule has 1 unspecified atom stereocenters. The van der Waals surface area contributed by atoms with E-state index in [1.807, 2.05) is 18.2 Å². The summed E-state index contributed by atoms with van der Waals surface area (Å²) in [7, 11) is 0. The van der Waals surface area contributed by atoms with Crippen molar-refractivity contribution in [1.82, 2.24) is 0 Å². The highest BCUT2D eigenvalue weighted by Gasteiger charge is 2.32. The lowest BCUT2D eigenvalue weighted by molar-refractivity contribution is -0.118. The molecule has 0 fully saturated rings. The number of carbonyl (C=O) groups is 2. The van der Waals surface area contributed by atoms with Crippen LogP contribution in [0.5, 0.6) is 5.75 Å². The summed E-state index contributed by atoms with van der Waals surface area (Å²) in [6, 6.07) is 10.1. The van der Waals surface area contributed by atoms with Crippen LogP contribution in [0.3, 0.4) is 0 Å².